The Kier molecular flexibility index (Phi) is 8.41. The van der Waals surface area contributed by atoms with E-state index in [9.17, 15) is 13.2 Å². The van der Waals surface area contributed by atoms with Crippen LogP contribution in [0.2, 0.25) is 10.0 Å². The van der Waals surface area contributed by atoms with Gasteiger partial charge in [0.25, 0.3) is 0 Å². The summed E-state index contributed by atoms with van der Waals surface area (Å²) in [6.45, 7) is 7.79. The van der Waals surface area contributed by atoms with Crippen molar-refractivity contribution in [3.05, 3.63) is 57.6 Å². The van der Waals surface area contributed by atoms with Crippen molar-refractivity contribution >= 4 is 50.5 Å². The van der Waals surface area contributed by atoms with Crippen molar-refractivity contribution in [2.75, 3.05) is 35.3 Å². The molecule has 2 aromatic rings. The zero-order chi connectivity index (χ0) is 22.5. The number of carbonyl (C=O) groups excluding carboxylic acids is 1. The van der Waals surface area contributed by atoms with Crippen molar-refractivity contribution in [2.24, 2.45) is 0 Å². The SMILES string of the molecule is CCN(CC)c1ccc(NC(=O)OC(CS(C)(=O)=O)c2ccc(Cl)c(Cl)c2)c(C)c1. The Hall–Kier alpha value is -1.96. The van der Waals surface area contributed by atoms with Crippen LogP contribution in [0.25, 0.3) is 0 Å². The first-order valence-corrected chi connectivity index (χ1v) is 12.3. The molecule has 2 rings (SSSR count). The van der Waals surface area contributed by atoms with E-state index < -0.39 is 22.0 Å². The lowest BCUT2D eigenvalue weighted by Crippen LogP contribution is -2.24. The maximum atomic E-state index is 12.5. The Morgan fingerprint density at radius 3 is 2.30 bits per heavy atom. The molecular weight excluding hydrogens is 447 g/mol. The highest BCUT2D eigenvalue weighted by atomic mass is 35.5. The zero-order valence-corrected chi connectivity index (χ0v) is 19.7. The Morgan fingerprint density at radius 2 is 1.77 bits per heavy atom. The van der Waals surface area contributed by atoms with Crippen LogP contribution in [0.3, 0.4) is 0 Å². The first-order valence-electron chi connectivity index (χ1n) is 9.50. The highest BCUT2D eigenvalue weighted by Gasteiger charge is 2.23. The molecule has 164 valence electrons. The van der Waals surface area contributed by atoms with E-state index in [4.69, 9.17) is 27.9 Å². The van der Waals surface area contributed by atoms with Gasteiger partial charge in [-0.3, -0.25) is 5.32 Å². The number of hydrogen-bond donors (Lipinski definition) is 1. The van der Waals surface area contributed by atoms with Gasteiger partial charge in [0.2, 0.25) is 0 Å². The number of anilines is 2. The van der Waals surface area contributed by atoms with Crippen molar-refractivity contribution in [1.29, 1.82) is 0 Å². The molecule has 1 amide bonds. The molecule has 30 heavy (non-hydrogen) atoms. The summed E-state index contributed by atoms with van der Waals surface area (Å²) in [7, 11) is -3.43. The van der Waals surface area contributed by atoms with Gasteiger partial charge in [0.05, 0.1) is 15.8 Å². The number of ether oxygens (including phenoxy) is 1. The minimum absolute atomic E-state index is 0.250. The van der Waals surface area contributed by atoms with Gasteiger partial charge in [0.1, 0.15) is 6.10 Å². The van der Waals surface area contributed by atoms with E-state index in [2.05, 4.69) is 24.1 Å². The maximum Gasteiger partial charge on any atom is 0.412 e. The molecule has 0 aliphatic carbocycles. The molecular formula is C21H26Cl2N2O4S. The van der Waals surface area contributed by atoms with Crippen molar-refractivity contribution in [3.63, 3.8) is 0 Å². The number of sulfone groups is 1. The van der Waals surface area contributed by atoms with E-state index in [0.29, 0.717) is 16.3 Å². The summed E-state index contributed by atoms with van der Waals surface area (Å²) in [4.78, 5) is 14.7. The van der Waals surface area contributed by atoms with Crippen LogP contribution in [0.4, 0.5) is 16.2 Å². The number of aryl methyl sites for hydroxylation is 1. The average molecular weight is 473 g/mol. The number of amides is 1. The number of rotatable bonds is 8. The van der Waals surface area contributed by atoms with E-state index in [1.807, 2.05) is 19.1 Å². The van der Waals surface area contributed by atoms with Crippen LogP contribution in [0.5, 0.6) is 0 Å². The lowest BCUT2D eigenvalue weighted by atomic mass is 10.1. The van der Waals surface area contributed by atoms with Gasteiger partial charge in [-0.1, -0.05) is 29.3 Å². The minimum Gasteiger partial charge on any atom is -0.440 e. The maximum absolute atomic E-state index is 12.5. The predicted molar refractivity (Wildman–Crippen MR) is 124 cm³/mol. The van der Waals surface area contributed by atoms with Gasteiger partial charge < -0.3 is 9.64 Å². The molecule has 0 aromatic heterocycles. The largest absolute Gasteiger partial charge is 0.440 e. The predicted octanol–water partition coefficient (Wildman–Crippen LogP) is 5.48. The van der Waals surface area contributed by atoms with E-state index in [1.165, 1.54) is 12.1 Å². The minimum atomic E-state index is -3.43. The third-order valence-electron chi connectivity index (χ3n) is 4.59. The van der Waals surface area contributed by atoms with E-state index in [-0.39, 0.29) is 10.8 Å². The molecule has 0 saturated carbocycles. The van der Waals surface area contributed by atoms with Crippen LogP contribution in [-0.4, -0.2) is 39.6 Å². The quantitative estimate of drug-likeness (QED) is 0.549. The van der Waals surface area contributed by atoms with E-state index in [1.54, 1.807) is 12.1 Å². The smallest absolute Gasteiger partial charge is 0.412 e. The van der Waals surface area contributed by atoms with E-state index in [0.717, 1.165) is 30.6 Å². The summed E-state index contributed by atoms with van der Waals surface area (Å²) in [5.41, 5.74) is 2.95. The second-order valence-corrected chi connectivity index (χ2v) is 9.96. The van der Waals surface area contributed by atoms with Crippen molar-refractivity contribution in [1.82, 2.24) is 0 Å². The Bertz CT molecular complexity index is 1010. The molecule has 1 unspecified atom stereocenters. The molecule has 0 bridgehead atoms. The lowest BCUT2D eigenvalue weighted by Gasteiger charge is -2.22. The molecule has 0 spiro atoms. The molecule has 0 radical (unpaired) electrons. The third kappa shape index (κ3) is 6.79. The first-order chi connectivity index (χ1) is 14.0. The molecule has 2 aromatic carbocycles. The number of benzene rings is 2. The zero-order valence-electron chi connectivity index (χ0n) is 17.4. The molecule has 6 nitrogen and oxygen atoms in total. The monoisotopic (exact) mass is 472 g/mol. The van der Waals surface area contributed by atoms with Crippen LogP contribution in [0.15, 0.2) is 36.4 Å². The molecule has 0 saturated heterocycles. The fraction of sp³-hybridized carbons (Fsp3) is 0.381. The molecule has 9 heteroatoms. The first kappa shape index (κ1) is 24.3. The number of nitrogens with zero attached hydrogens (tertiary/aromatic N) is 1. The van der Waals surface area contributed by atoms with Crippen LogP contribution in [0, 0.1) is 6.92 Å². The van der Waals surface area contributed by atoms with Crippen molar-refractivity contribution < 1.29 is 17.9 Å². The number of carbonyl (C=O) groups is 1. The summed E-state index contributed by atoms with van der Waals surface area (Å²) in [5.74, 6) is -0.377. The normalized spacial score (nSPS) is 12.3. The molecule has 0 heterocycles. The van der Waals surface area contributed by atoms with Gasteiger partial charge in [-0.25, -0.2) is 13.2 Å². The second kappa shape index (κ2) is 10.4. The van der Waals surface area contributed by atoms with Gasteiger partial charge >= 0.3 is 6.09 Å². The van der Waals surface area contributed by atoms with Crippen LogP contribution in [0.1, 0.15) is 31.1 Å². The summed E-state index contributed by atoms with van der Waals surface area (Å²) >= 11 is 12.0. The van der Waals surface area contributed by atoms with Crippen LogP contribution in [-0.2, 0) is 14.6 Å². The van der Waals surface area contributed by atoms with Crippen molar-refractivity contribution in [2.45, 2.75) is 26.9 Å². The van der Waals surface area contributed by atoms with Gasteiger partial charge in [0, 0.05) is 30.7 Å². The summed E-state index contributed by atoms with van der Waals surface area (Å²) in [6.07, 6.45) is -0.701. The summed E-state index contributed by atoms with van der Waals surface area (Å²) in [5, 5.41) is 3.27. The van der Waals surface area contributed by atoms with Crippen LogP contribution >= 0.6 is 23.2 Å². The van der Waals surface area contributed by atoms with Gasteiger partial charge in [-0.05, 0) is 62.2 Å². The molecule has 1 N–H and O–H groups in total. The molecule has 0 aliphatic heterocycles. The molecule has 0 fully saturated rings. The fourth-order valence-corrected chi connectivity index (χ4v) is 4.15. The van der Waals surface area contributed by atoms with Gasteiger partial charge in [-0.15, -0.1) is 0 Å². The lowest BCUT2D eigenvalue weighted by molar-refractivity contribution is 0.122. The van der Waals surface area contributed by atoms with Crippen molar-refractivity contribution in [3.8, 4) is 0 Å². The number of halogens is 2. The van der Waals surface area contributed by atoms with Gasteiger partial charge in [0.15, 0.2) is 9.84 Å². The Morgan fingerprint density at radius 1 is 1.10 bits per heavy atom. The highest BCUT2D eigenvalue weighted by molar-refractivity contribution is 7.90. The van der Waals surface area contributed by atoms with Crippen LogP contribution < -0.4 is 10.2 Å². The Balaban J connectivity index is 2.20. The third-order valence-corrected chi connectivity index (χ3v) is 6.24. The second-order valence-electron chi connectivity index (χ2n) is 6.96. The summed E-state index contributed by atoms with van der Waals surface area (Å²) < 4.78 is 29.1. The fourth-order valence-electron chi connectivity index (χ4n) is 3.03. The topological polar surface area (TPSA) is 75.7 Å². The standard InChI is InChI=1S/C21H26Cl2N2O4S/c1-5-25(6-2)16-8-10-19(14(3)11-16)24-21(26)29-20(13-30(4,27)28)15-7-9-17(22)18(23)12-15/h7-12,20H,5-6,13H2,1-4H3,(H,24,26). The Labute approximate surface area is 188 Å². The molecule has 1 atom stereocenters. The average Bonchev–Trinajstić information content (AvgIpc) is 2.65. The summed E-state index contributed by atoms with van der Waals surface area (Å²) in [6, 6.07) is 10.3. The molecule has 0 aliphatic rings. The number of nitrogens with one attached hydrogen (secondary N) is 1. The van der Waals surface area contributed by atoms with E-state index >= 15 is 0 Å². The number of hydrogen-bond acceptors (Lipinski definition) is 5. The van der Waals surface area contributed by atoms with Gasteiger partial charge in [-0.2, -0.15) is 0 Å². The highest BCUT2D eigenvalue weighted by Crippen LogP contribution is 2.29.